The smallest absolute Gasteiger partial charge is 0.164 e. The molecule has 5 heteroatoms. The van der Waals surface area contributed by atoms with Gasteiger partial charge in [0, 0.05) is 5.75 Å². The lowest BCUT2D eigenvalue weighted by Gasteiger charge is -2.00. The SMILES string of the molecule is N#Cc1nc(SCCO)ccc1N. The highest BCUT2D eigenvalue weighted by Gasteiger charge is 2.01. The number of rotatable bonds is 3. The molecular weight excluding hydrogens is 186 g/mol. The molecule has 0 aromatic carbocycles. The second kappa shape index (κ2) is 4.70. The van der Waals surface area contributed by atoms with E-state index >= 15 is 0 Å². The van der Waals surface area contributed by atoms with Crippen molar-refractivity contribution in [3.63, 3.8) is 0 Å². The third-order valence-electron chi connectivity index (χ3n) is 1.35. The molecule has 13 heavy (non-hydrogen) atoms. The van der Waals surface area contributed by atoms with Gasteiger partial charge in [0.15, 0.2) is 5.69 Å². The van der Waals surface area contributed by atoms with Gasteiger partial charge in [0.2, 0.25) is 0 Å². The summed E-state index contributed by atoms with van der Waals surface area (Å²) < 4.78 is 0. The minimum atomic E-state index is 0.0958. The van der Waals surface area contributed by atoms with Gasteiger partial charge in [-0.3, -0.25) is 0 Å². The average Bonchev–Trinajstić information content (AvgIpc) is 2.16. The van der Waals surface area contributed by atoms with E-state index in [1.807, 2.05) is 6.07 Å². The van der Waals surface area contributed by atoms with E-state index in [2.05, 4.69) is 4.98 Å². The molecule has 0 bridgehead atoms. The molecule has 0 fully saturated rings. The van der Waals surface area contributed by atoms with E-state index in [4.69, 9.17) is 16.1 Å². The Morgan fingerprint density at radius 3 is 3.00 bits per heavy atom. The van der Waals surface area contributed by atoms with Crippen molar-refractivity contribution in [2.45, 2.75) is 5.03 Å². The van der Waals surface area contributed by atoms with E-state index in [0.29, 0.717) is 16.5 Å². The van der Waals surface area contributed by atoms with E-state index in [-0.39, 0.29) is 12.3 Å². The first-order chi connectivity index (χ1) is 6.27. The lowest BCUT2D eigenvalue weighted by Crippen LogP contribution is -1.95. The summed E-state index contributed by atoms with van der Waals surface area (Å²) in [7, 11) is 0. The predicted molar refractivity (Wildman–Crippen MR) is 51.2 cm³/mol. The fourth-order valence-electron chi connectivity index (χ4n) is 0.772. The number of aliphatic hydroxyl groups is 1. The monoisotopic (exact) mass is 195 g/mol. The zero-order valence-corrected chi connectivity index (χ0v) is 7.71. The highest BCUT2D eigenvalue weighted by Crippen LogP contribution is 2.17. The summed E-state index contributed by atoms with van der Waals surface area (Å²) in [5.41, 5.74) is 6.11. The van der Waals surface area contributed by atoms with Crippen LogP contribution in [0.2, 0.25) is 0 Å². The van der Waals surface area contributed by atoms with Crippen LogP contribution in [0.5, 0.6) is 0 Å². The number of anilines is 1. The van der Waals surface area contributed by atoms with E-state index < -0.39 is 0 Å². The lowest BCUT2D eigenvalue weighted by atomic mass is 10.3. The van der Waals surface area contributed by atoms with E-state index in [1.165, 1.54) is 11.8 Å². The number of hydrogen-bond donors (Lipinski definition) is 2. The highest BCUT2D eigenvalue weighted by atomic mass is 32.2. The van der Waals surface area contributed by atoms with Gasteiger partial charge in [-0.2, -0.15) is 5.26 Å². The molecule has 68 valence electrons. The van der Waals surface area contributed by atoms with Crippen molar-refractivity contribution in [2.75, 3.05) is 18.1 Å². The fraction of sp³-hybridized carbons (Fsp3) is 0.250. The van der Waals surface area contributed by atoms with Gasteiger partial charge in [-0.1, -0.05) is 0 Å². The molecule has 0 saturated carbocycles. The number of aliphatic hydroxyl groups excluding tert-OH is 1. The molecule has 0 atom stereocenters. The molecule has 0 radical (unpaired) electrons. The zero-order valence-electron chi connectivity index (χ0n) is 6.90. The third-order valence-corrected chi connectivity index (χ3v) is 2.26. The predicted octanol–water partition coefficient (Wildman–Crippen LogP) is 0.620. The molecule has 4 nitrogen and oxygen atoms in total. The molecule has 1 rings (SSSR count). The number of nitrogens with two attached hydrogens (primary N) is 1. The number of nitrogens with zero attached hydrogens (tertiary/aromatic N) is 2. The molecule has 0 amide bonds. The maximum Gasteiger partial charge on any atom is 0.164 e. The number of pyridine rings is 1. The lowest BCUT2D eigenvalue weighted by molar-refractivity contribution is 0.322. The Morgan fingerprint density at radius 2 is 2.38 bits per heavy atom. The van der Waals surface area contributed by atoms with Crippen molar-refractivity contribution in [2.24, 2.45) is 0 Å². The largest absolute Gasteiger partial charge is 0.396 e. The molecule has 0 unspecified atom stereocenters. The topological polar surface area (TPSA) is 82.9 Å². The van der Waals surface area contributed by atoms with Gasteiger partial charge in [0.25, 0.3) is 0 Å². The minimum Gasteiger partial charge on any atom is -0.396 e. The summed E-state index contributed by atoms with van der Waals surface area (Å²) in [5, 5.41) is 17.9. The van der Waals surface area contributed by atoms with Gasteiger partial charge in [0.1, 0.15) is 6.07 Å². The van der Waals surface area contributed by atoms with Gasteiger partial charge in [-0.15, -0.1) is 11.8 Å². The minimum absolute atomic E-state index is 0.0958. The number of nitriles is 1. The first-order valence-corrected chi connectivity index (χ1v) is 4.66. The van der Waals surface area contributed by atoms with Crippen molar-refractivity contribution in [3.8, 4) is 6.07 Å². The van der Waals surface area contributed by atoms with Crippen molar-refractivity contribution in [1.29, 1.82) is 5.26 Å². The highest BCUT2D eigenvalue weighted by molar-refractivity contribution is 7.99. The Labute approximate surface area is 80.4 Å². The molecule has 0 aliphatic carbocycles. The second-order valence-corrected chi connectivity index (χ2v) is 3.39. The van der Waals surface area contributed by atoms with Crippen molar-refractivity contribution < 1.29 is 5.11 Å². The van der Waals surface area contributed by atoms with Crippen molar-refractivity contribution in [1.82, 2.24) is 4.98 Å². The van der Waals surface area contributed by atoms with Crippen LogP contribution in [0.3, 0.4) is 0 Å². The maximum absolute atomic E-state index is 8.62. The van der Waals surface area contributed by atoms with Gasteiger partial charge in [-0.05, 0) is 12.1 Å². The second-order valence-electron chi connectivity index (χ2n) is 2.27. The van der Waals surface area contributed by atoms with Crippen LogP contribution < -0.4 is 5.73 Å². The Bertz CT molecular complexity index is 335. The summed E-state index contributed by atoms with van der Waals surface area (Å²) >= 11 is 1.39. The van der Waals surface area contributed by atoms with Crippen LogP contribution in [0.4, 0.5) is 5.69 Å². The zero-order chi connectivity index (χ0) is 9.68. The number of nitrogen functional groups attached to an aromatic ring is 1. The van der Waals surface area contributed by atoms with Crippen LogP contribution in [0.25, 0.3) is 0 Å². The normalized spacial score (nSPS) is 9.54. The van der Waals surface area contributed by atoms with Crippen LogP contribution in [-0.4, -0.2) is 22.5 Å². The van der Waals surface area contributed by atoms with Crippen molar-refractivity contribution >= 4 is 17.4 Å². The number of aromatic nitrogens is 1. The Hall–Kier alpha value is -1.25. The standard InChI is InChI=1S/C8H9N3OS/c9-5-7-6(10)1-2-8(11-7)13-4-3-12/h1-2,12H,3-4,10H2. The van der Waals surface area contributed by atoms with E-state index in [1.54, 1.807) is 12.1 Å². The maximum atomic E-state index is 8.62. The Morgan fingerprint density at radius 1 is 1.62 bits per heavy atom. The van der Waals surface area contributed by atoms with Crippen LogP contribution in [0.1, 0.15) is 5.69 Å². The summed E-state index contributed by atoms with van der Waals surface area (Å²) in [6.07, 6.45) is 0. The summed E-state index contributed by atoms with van der Waals surface area (Å²) in [5.74, 6) is 0.571. The number of hydrogen-bond acceptors (Lipinski definition) is 5. The van der Waals surface area contributed by atoms with Crippen molar-refractivity contribution in [3.05, 3.63) is 17.8 Å². The molecule has 1 heterocycles. The molecule has 3 N–H and O–H groups in total. The van der Waals surface area contributed by atoms with Crippen LogP contribution in [0.15, 0.2) is 17.2 Å². The molecule has 1 aromatic rings. The summed E-state index contributed by atoms with van der Waals surface area (Å²) in [6, 6.07) is 5.28. The molecule has 0 aliphatic rings. The van der Waals surface area contributed by atoms with Crippen LogP contribution >= 0.6 is 11.8 Å². The Kier molecular flexibility index (Phi) is 3.55. The summed E-state index contributed by atoms with van der Waals surface area (Å²) in [6.45, 7) is 0.0958. The fourth-order valence-corrected chi connectivity index (χ4v) is 1.39. The molecular formula is C8H9N3OS. The first-order valence-electron chi connectivity index (χ1n) is 3.68. The van der Waals surface area contributed by atoms with E-state index in [9.17, 15) is 0 Å². The van der Waals surface area contributed by atoms with Gasteiger partial charge < -0.3 is 10.8 Å². The molecule has 0 spiro atoms. The quantitative estimate of drug-likeness (QED) is 0.691. The number of thioether (sulfide) groups is 1. The van der Waals surface area contributed by atoms with E-state index in [0.717, 1.165) is 0 Å². The van der Waals surface area contributed by atoms with Gasteiger partial charge >= 0.3 is 0 Å². The van der Waals surface area contributed by atoms with Gasteiger partial charge in [0.05, 0.1) is 17.3 Å². The average molecular weight is 195 g/mol. The van der Waals surface area contributed by atoms with Gasteiger partial charge in [-0.25, -0.2) is 4.98 Å². The summed E-state index contributed by atoms with van der Waals surface area (Å²) in [4.78, 5) is 3.99. The molecule has 0 saturated heterocycles. The molecule has 0 aliphatic heterocycles. The van der Waals surface area contributed by atoms with Crippen LogP contribution in [-0.2, 0) is 0 Å². The first kappa shape index (κ1) is 9.84. The third kappa shape index (κ3) is 2.61. The van der Waals surface area contributed by atoms with Crippen LogP contribution in [0, 0.1) is 11.3 Å². The molecule has 1 aromatic heterocycles. The Balaban J connectivity index is 2.82.